The zero-order chi connectivity index (χ0) is 19.6. The van der Waals surface area contributed by atoms with Crippen molar-refractivity contribution in [3.05, 3.63) is 73.3 Å². The summed E-state index contributed by atoms with van der Waals surface area (Å²) in [7, 11) is 0. The topological polar surface area (TPSA) is 86.5 Å². The van der Waals surface area contributed by atoms with Gasteiger partial charge in [-0.3, -0.25) is 14.9 Å². The number of nitro groups is 1. The number of carbonyl (C=O) groups is 2. The normalized spacial score (nSPS) is 10.5. The van der Waals surface area contributed by atoms with Crippen molar-refractivity contribution in [1.82, 2.24) is 0 Å². The van der Waals surface area contributed by atoms with Crippen LogP contribution in [0.1, 0.15) is 55.5 Å². The molecule has 2 aromatic rings. The molecule has 136 valence electrons. The van der Waals surface area contributed by atoms with Crippen molar-refractivity contribution in [2.24, 2.45) is 0 Å². The molecular formula is C20H21NO5. The van der Waals surface area contributed by atoms with Crippen LogP contribution in [-0.2, 0) is 11.3 Å². The summed E-state index contributed by atoms with van der Waals surface area (Å²) < 4.78 is 5.39. The highest BCUT2D eigenvalue weighted by Gasteiger charge is 2.18. The average Bonchev–Trinajstić information content (AvgIpc) is 2.53. The Labute approximate surface area is 151 Å². The molecule has 0 aliphatic carbocycles. The van der Waals surface area contributed by atoms with Crippen LogP contribution in [-0.4, -0.2) is 16.7 Å². The fourth-order valence-corrected chi connectivity index (χ4v) is 3.20. The summed E-state index contributed by atoms with van der Waals surface area (Å²) in [4.78, 5) is 34.5. The molecule has 0 spiro atoms. The molecule has 0 heterocycles. The van der Waals surface area contributed by atoms with E-state index in [2.05, 4.69) is 0 Å². The molecule has 0 aliphatic heterocycles. The maximum atomic E-state index is 12.3. The number of nitrogens with zero attached hydrogens (tertiary/aromatic N) is 1. The Morgan fingerprint density at radius 2 is 1.69 bits per heavy atom. The SMILES string of the molecule is CC(=O)c1c(C)cc(C)c(COC(=O)c2ccc([N+](=O)[O-])c(C)c2)c1C. The van der Waals surface area contributed by atoms with Crippen LogP contribution in [0.5, 0.6) is 0 Å². The lowest BCUT2D eigenvalue weighted by Gasteiger charge is -2.16. The Morgan fingerprint density at radius 1 is 1.04 bits per heavy atom. The van der Waals surface area contributed by atoms with Crippen molar-refractivity contribution in [2.75, 3.05) is 0 Å². The van der Waals surface area contributed by atoms with Gasteiger partial charge in [0.2, 0.25) is 0 Å². The van der Waals surface area contributed by atoms with Gasteiger partial charge in [0.05, 0.1) is 10.5 Å². The highest BCUT2D eigenvalue weighted by molar-refractivity contribution is 5.97. The van der Waals surface area contributed by atoms with Crippen LogP contribution < -0.4 is 0 Å². The number of benzene rings is 2. The molecule has 0 radical (unpaired) electrons. The molecule has 26 heavy (non-hydrogen) atoms. The van der Waals surface area contributed by atoms with E-state index in [0.717, 1.165) is 22.3 Å². The minimum atomic E-state index is -0.563. The molecule has 0 aliphatic rings. The Bertz CT molecular complexity index is 915. The third-order valence-corrected chi connectivity index (χ3v) is 4.46. The van der Waals surface area contributed by atoms with E-state index >= 15 is 0 Å². The fraction of sp³-hybridized carbons (Fsp3) is 0.300. The number of aryl methyl sites for hydroxylation is 3. The second-order valence-corrected chi connectivity index (χ2v) is 6.38. The molecule has 0 saturated carbocycles. The van der Waals surface area contributed by atoms with E-state index in [-0.39, 0.29) is 23.6 Å². The van der Waals surface area contributed by atoms with E-state index < -0.39 is 10.9 Å². The lowest BCUT2D eigenvalue weighted by Crippen LogP contribution is -2.10. The molecule has 0 amide bonds. The summed E-state index contributed by atoms with van der Waals surface area (Å²) in [6, 6.07) is 6.02. The highest BCUT2D eigenvalue weighted by Crippen LogP contribution is 2.24. The van der Waals surface area contributed by atoms with Gasteiger partial charge in [-0.2, -0.15) is 0 Å². The lowest BCUT2D eigenvalue weighted by atomic mass is 9.92. The Balaban J connectivity index is 2.25. The van der Waals surface area contributed by atoms with Crippen LogP contribution in [0, 0.1) is 37.8 Å². The van der Waals surface area contributed by atoms with E-state index in [1.165, 1.54) is 25.1 Å². The first-order chi connectivity index (χ1) is 12.1. The van der Waals surface area contributed by atoms with E-state index in [9.17, 15) is 19.7 Å². The van der Waals surface area contributed by atoms with E-state index in [1.54, 1.807) is 6.92 Å². The second kappa shape index (κ2) is 7.47. The van der Waals surface area contributed by atoms with Crippen LogP contribution in [0.4, 0.5) is 5.69 Å². The van der Waals surface area contributed by atoms with Crippen LogP contribution in [0.15, 0.2) is 24.3 Å². The van der Waals surface area contributed by atoms with Gasteiger partial charge in [-0.25, -0.2) is 4.79 Å². The molecule has 2 rings (SSSR count). The number of hydrogen-bond donors (Lipinski definition) is 0. The van der Waals surface area contributed by atoms with Crippen molar-refractivity contribution in [2.45, 2.75) is 41.2 Å². The van der Waals surface area contributed by atoms with Crippen molar-refractivity contribution < 1.29 is 19.2 Å². The number of nitro benzene ring substituents is 1. The van der Waals surface area contributed by atoms with Crippen LogP contribution in [0.25, 0.3) is 0 Å². The van der Waals surface area contributed by atoms with Gasteiger partial charge < -0.3 is 4.74 Å². The molecule has 0 fully saturated rings. The van der Waals surface area contributed by atoms with Crippen LogP contribution in [0.2, 0.25) is 0 Å². The number of rotatable bonds is 5. The number of ketones is 1. The third-order valence-electron chi connectivity index (χ3n) is 4.46. The van der Waals surface area contributed by atoms with E-state index in [4.69, 9.17) is 4.74 Å². The summed E-state index contributed by atoms with van der Waals surface area (Å²) in [6.45, 7) is 8.75. The van der Waals surface area contributed by atoms with Crippen LogP contribution in [0.3, 0.4) is 0 Å². The van der Waals surface area contributed by atoms with E-state index in [0.29, 0.717) is 11.1 Å². The monoisotopic (exact) mass is 355 g/mol. The average molecular weight is 355 g/mol. The zero-order valence-corrected chi connectivity index (χ0v) is 15.5. The van der Waals surface area contributed by atoms with Gasteiger partial charge in [0, 0.05) is 17.2 Å². The number of ether oxygens (including phenoxy) is 1. The number of esters is 1. The largest absolute Gasteiger partial charge is 0.457 e. The second-order valence-electron chi connectivity index (χ2n) is 6.38. The number of hydrogen-bond acceptors (Lipinski definition) is 5. The minimum Gasteiger partial charge on any atom is -0.457 e. The first-order valence-corrected chi connectivity index (χ1v) is 8.16. The smallest absolute Gasteiger partial charge is 0.338 e. The predicted octanol–water partition coefficient (Wildman–Crippen LogP) is 4.39. The Kier molecular flexibility index (Phi) is 5.55. The molecule has 0 N–H and O–H groups in total. The molecule has 0 saturated heterocycles. The van der Waals surface area contributed by atoms with Gasteiger partial charge in [0.15, 0.2) is 5.78 Å². The molecular weight excluding hydrogens is 334 g/mol. The van der Waals surface area contributed by atoms with Gasteiger partial charge in [-0.15, -0.1) is 0 Å². The molecule has 2 aromatic carbocycles. The van der Waals surface area contributed by atoms with Crippen molar-refractivity contribution in [3.8, 4) is 0 Å². The minimum absolute atomic E-state index is 0.0291. The van der Waals surface area contributed by atoms with Crippen LogP contribution >= 0.6 is 0 Å². The molecule has 0 aromatic heterocycles. The van der Waals surface area contributed by atoms with Gasteiger partial charge in [-0.05, 0) is 69.0 Å². The van der Waals surface area contributed by atoms with Crippen molar-refractivity contribution >= 4 is 17.4 Å². The van der Waals surface area contributed by atoms with Gasteiger partial charge in [0.25, 0.3) is 5.69 Å². The first kappa shape index (κ1) is 19.3. The summed E-state index contributed by atoms with van der Waals surface area (Å²) in [5.41, 5.74) is 4.70. The predicted molar refractivity (Wildman–Crippen MR) is 97.6 cm³/mol. The molecule has 0 bridgehead atoms. The molecule has 0 unspecified atom stereocenters. The van der Waals surface area contributed by atoms with Gasteiger partial charge in [0.1, 0.15) is 6.61 Å². The fourth-order valence-electron chi connectivity index (χ4n) is 3.20. The van der Waals surface area contributed by atoms with Crippen molar-refractivity contribution in [3.63, 3.8) is 0 Å². The summed E-state index contributed by atoms with van der Waals surface area (Å²) >= 11 is 0. The number of carbonyl (C=O) groups excluding carboxylic acids is 2. The summed E-state index contributed by atoms with van der Waals surface area (Å²) in [6.07, 6.45) is 0. The molecule has 6 heteroatoms. The third kappa shape index (κ3) is 3.79. The Hall–Kier alpha value is -3.02. The summed E-state index contributed by atoms with van der Waals surface area (Å²) in [5.74, 6) is -0.592. The maximum Gasteiger partial charge on any atom is 0.338 e. The maximum absolute atomic E-state index is 12.3. The van der Waals surface area contributed by atoms with Gasteiger partial charge >= 0.3 is 5.97 Å². The summed E-state index contributed by atoms with van der Waals surface area (Å²) in [5, 5.41) is 10.9. The standard InChI is InChI=1S/C20H21NO5/c1-11-8-13(3)19(15(5)22)14(4)17(11)10-26-20(23)16-6-7-18(21(24)25)12(2)9-16/h6-9H,10H2,1-5H3. The van der Waals surface area contributed by atoms with Crippen molar-refractivity contribution in [1.29, 1.82) is 0 Å². The molecule has 6 nitrogen and oxygen atoms in total. The lowest BCUT2D eigenvalue weighted by molar-refractivity contribution is -0.385. The quantitative estimate of drug-likeness (QED) is 0.344. The number of Topliss-reactive ketones (excluding diaryl/α,β-unsaturated/α-hetero) is 1. The molecule has 0 atom stereocenters. The zero-order valence-electron chi connectivity index (χ0n) is 15.5. The highest BCUT2D eigenvalue weighted by atomic mass is 16.6. The van der Waals surface area contributed by atoms with E-state index in [1.807, 2.05) is 26.8 Å². The van der Waals surface area contributed by atoms with Gasteiger partial charge in [-0.1, -0.05) is 6.07 Å². The Morgan fingerprint density at radius 3 is 2.23 bits per heavy atom. The first-order valence-electron chi connectivity index (χ1n) is 8.16.